The van der Waals surface area contributed by atoms with Gasteiger partial charge < -0.3 is 16.2 Å². The minimum atomic E-state index is 0.257. The van der Waals surface area contributed by atoms with E-state index in [-0.39, 0.29) is 6.04 Å². The van der Waals surface area contributed by atoms with Crippen molar-refractivity contribution in [2.75, 3.05) is 12.5 Å². The Labute approximate surface area is 111 Å². The molecule has 1 aromatic rings. The van der Waals surface area contributed by atoms with Gasteiger partial charge in [-0.25, -0.2) is 0 Å². The smallest absolute Gasteiger partial charge is 0.0539 e. The van der Waals surface area contributed by atoms with Crippen LogP contribution < -0.4 is 16.2 Å². The molecule has 0 aromatic heterocycles. The SMILES string of the molecule is C=C(NNc1ccc(CC)cc1)C(NC)C(C)C. The number of nitrogens with one attached hydrogen (secondary N) is 3. The van der Waals surface area contributed by atoms with Crippen molar-refractivity contribution in [3.8, 4) is 0 Å². The Morgan fingerprint density at radius 2 is 1.83 bits per heavy atom. The van der Waals surface area contributed by atoms with Gasteiger partial charge in [-0.15, -0.1) is 0 Å². The molecule has 0 aliphatic heterocycles. The number of rotatable bonds is 7. The van der Waals surface area contributed by atoms with Gasteiger partial charge in [0.2, 0.25) is 0 Å². The van der Waals surface area contributed by atoms with E-state index in [9.17, 15) is 0 Å². The zero-order valence-corrected chi connectivity index (χ0v) is 11.9. The molecule has 0 saturated heterocycles. The third-order valence-electron chi connectivity index (χ3n) is 3.08. The number of likely N-dealkylation sites (N-methyl/N-ethyl adjacent to an activating group) is 1. The Hall–Kier alpha value is -1.48. The molecular formula is C15H25N3. The lowest BCUT2D eigenvalue weighted by molar-refractivity contribution is 0.463. The first-order chi connectivity index (χ1) is 8.58. The standard InChI is InChI=1S/C15H25N3/c1-6-13-7-9-14(10-8-13)18-17-12(4)15(16-5)11(2)3/h7-11,15-18H,4,6H2,1-3,5H3. The molecule has 0 heterocycles. The van der Waals surface area contributed by atoms with E-state index >= 15 is 0 Å². The van der Waals surface area contributed by atoms with Gasteiger partial charge in [0, 0.05) is 5.70 Å². The normalized spacial score (nSPS) is 12.3. The minimum absolute atomic E-state index is 0.257. The summed E-state index contributed by atoms with van der Waals surface area (Å²) in [6, 6.07) is 8.66. The first-order valence-corrected chi connectivity index (χ1v) is 6.55. The molecule has 0 spiro atoms. The van der Waals surface area contributed by atoms with E-state index in [2.05, 4.69) is 67.8 Å². The summed E-state index contributed by atoms with van der Waals surface area (Å²) in [5.41, 5.74) is 9.68. The average Bonchev–Trinajstić information content (AvgIpc) is 2.37. The number of hydrazine groups is 1. The van der Waals surface area contributed by atoms with Crippen molar-refractivity contribution in [1.82, 2.24) is 10.7 Å². The fourth-order valence-corrected chi connectivity index (χ4v) is 1.96. The summed E-state index contributed by atoms with van der Waals surface area (Å²) in [6.45, 7) is 10.6. The van der Waals surface area contributed by atoms with Gasteiger partial charge in [-0.1, -0.05) is 39.5 Å². The Kier molecular flexibility index (Phi) is 5.72. The minimum Gasteiger partial charge on any atom is -0.312 e. The van der Waals surface area contributed by atoms with E-state index in [4.69, 9.17) is 0 Å². The van der Waals surface area contributed by atoms with Crippen LogP contribution in [0, 0.1) is 5.92 Å². The van der Waals surface area contributed by atoms with Gasteiger partial charge in [-0.3, -0.25) is 0 Å². The van der Waals surface area contributed by atoms with Gasteiger partial charge in [0.15, 0.2) is 0 Å². The predicted octanol–water partition coefficient (Wildman–Crippen LogP) is 2.92. The van der Waals surface area contributed by atoms with Crippen molar-refractivity contribution in [2.24, 2.45) is 5.92 Å². The zero-order valence-electron chi connectivity index (χ0n) is 11.9. The second-order valence-corrected chi connectivity index (χ2v) is 4.84. The maximum atomic E-state index is 4.06. The molecule has 0 saturated carbocycles. The van der Waals surface area contributed by atoms with Crippen molar-refractivity contribution in [3.63, 3.8) is 0 Å². The molecule has 3 N–H and O–H groups in total. The van der Waals surface area contributed by atoms with Crippen LogP contribution in [0.5, 0.6) is 0 Å². The quantitative estimate of drug-likeness (QED) is 0.648. The van der Waals surface area contributed by atoms with E-state index in [1.165, 1.54) is 5.56 Å². The number of benzene rings is 1. The Morgan fingerprint density at radius 3 is 2.28 bits per heavy atom. The van der Waals surface area contributed by atoms with Crippen LogP contribution in [0.4, 0.5) is 5.69 Å². The molecule has 1 atom stereocenters. The van der Waals surface area contributed by atoms with Crippen LogP contribution in [0.3, 0.4) is 0 Å². The van der Waals surface area contributed by atoms with Crippen LogP contribution in [0.15, 0.2) is 36.5 Å². The zero-order chi connectivity index (χ0) is 13.5. The largest absolute Gasteiger partial charge is 0.312 e. The Balaban J connectivity index is 2.51. The van der Waals surface area contributed by atoms with Crippen LogP contribution in [0.25, 0.3) is 0 Å². The van der Waals surface area contributed by atoms with Gasteiger partial charge in [-0.05, 0) is 37.1 Å². The average molecular weight is 247 g/mol. The molecule has 0 bridgehead atoms. The van der Waals surface area contributed by atoms with Crippen LogP contribution in [0.2, 0.25) is 0 Å². The number of hydrogen-bond acceptors (Lipinski definition) is 3. The van der Waals surface area contributed by atoms with E-state index in [1.54, 1.807) is 0 Å². The second-order valence-electron chi connectivity index (χ2n) is 4.84. The summed E-state index contributed by atoms with van der Waals surface area (Å²) in [5, 5.41) is 3.25. The van der Waals surface area contributed by atoms with Crippen LogP contribution in [-0.4, -0.2) is 13.1 Å². The van der Waals surface area contributed by atoms with Crippen molar-refractivity contribution >= 4 is 5.69 Å². The number of anilines is 1. The third kappa shape index (κ3) is 4.08. The molecule has 100 valence electrons. The second kappa shape index (κ2) is 7.07. The lowest BCUT2D eigenvalue weighted by Gasteiger charge is -2.24. The first-order valence-electron chi connectivity index (χ1n) is 6.55. The molecule has 0 radical (unpaired) electrons. The van der Waals surface area contributed by atoms with Gasteiger partial charge in [0.1, 0.15) is 0 Å². The highest BCUT2D eigenvalue weighted by molar-refractivity contribution is 5.44. The fraction of sp³-hybridized carbons (Fsp3) is 0.467. The number of aryl methyl sites for hydroxylation is 1. The predicted molar refractivity (Wildman–Crippen MR) is 79.4 cm³/mol. The van der Waals surface area contributed by atoms with Crippen molar-refractivity contribution in [3.05, 3.63) is 42.1 Å². The molecule has 0 fully saturated rings. The Bertz CT molecular complexity index is 368. The topological polar surface area (TPSA) is 36.1 Å². The van der Waals surface area contributed by atoms with Crippen molar-refractivity contribution in [2.45, 2.75) is 33.2 Å². The number of hydrogen-bond donors (Lipinski definition) is 3. The van der Waals surface area contributed by atoms with Crippen molar-refractivity contribution in [1.29, 1.82) is 0 Å². The summed E-state index contributed by atoms with van der Waals surface area (Å²) in [7, 11) is 1.95. The monoisotopic (exact) mass is 247 g/mol. The van der Waals surface area contributed by atoms with Gasteiger partial charge >= 0.3 is 0 Å². The van der Waals surface area contributed by atoms with Gasteiger partial charge in [-0.2, -0.15) is 0 Å². The lowest BCUT2D eigenvalue weighted by atomic mass is 10.0. The molecule has 3 nitrogen and oxygen atoms in total. The van der Waals surface area contributed by atoms with E-state index in [0.717, 1.165) is 17.8 Å². The highest BCUT2D eigenvalue weighted by Crippen LogP contribution is 2.11. The fourth-order valence-electron chi connectivity index (χ4n) is 1.96. The summed E-state index contributed by atoms with van der Waals surface area (Å²) in [6.07, 6.45) is 1.07. The molecule has 0 aliphatic rings. The highest BCUT2D eigenvalue weighted by Gasteiger charge is 2.13. The van der Waals surface area contributed by atoms with Crippen LogP contribution >= 0.6 is 0 Å². The summed E-state index contributed by atoms with van der Waals surface area (Å²) in [4.78, 5) is 0. The van der Waals surface area contributed by atoms with Gasteiger partial charge in [0.05, 0.1) is 11.7 Å². The molecular weight excluding hydrogens is 222 g/mol. The third-order valence-corrected chi connectivity index (χ3v) is 3.08. The first kappa shape index (κ1) is 14.6. The van der Waals surface area contributed by atoms with E-state index in [1.807, 2.05) is 7.05 Å². The molecule has 3 heteroatoms. The maximum absolute atomic E-state index is 4.06. The van der Waals surface area contributed by atoms with Crippen molar-refractivity contribution < 1.29 is 0 Å². The van der Waals surface area contributed by atoms with Gasteiger partial charge in [0.25, 0.3) is 0 Å². The van der Waals surface area contributed by atoms with E-state index in [0.29, 0.717) is 5.92 Å². The summed E-state index contributed by atoms with van der Waals surface area (Å²) < 4.78 is 0. The molecule has 1 aromatic carbocycles. The summed E-state index contributed by atoms with van der Waals surface area (Å²) >= 11 is 0. The Morgan fingerprint density at radius 1 is 1.22 bits per heavy atom. The molecule has 0 amide bonds. The molecule has 18 heavy (non-hydrogen) atoms. The van der Waals surface area contributed by atoms with Crippen LogP contribution in [-0.2, 0) is 6.42 Å². The summed E-state index contributed by atoms with van der Waals surface area (Å²) in [5.74, 6) is 0.499. The van der Waals surface area contributed by atoms with E-state index < -0.39 is 0 Å². The highest BCUT2D eigenvalue weighted by atomic mass is 15.4. The maximum Gasteiger partial charge on any atom is 0.0539 e. The molecule has 0 aliphatic carbocycles. The molecule has 1 rings (SSSR count). The lowest BCUT2D eigenvalue weighted by Crippen LogP contribution is -2.39. The van der Waals surface area contributed by atoms with Crippen LogP contribution in [0.1, 0.15) is 26.3 Å². The molecule has 1 unspecified atom stereocenters.